The smallest absolute Gasteiger partial charge is 0.265 e. The highest BCUT2D eigenvalue weighted by atomic mass is 32.2. The first-order valence-corrected chi connectivity index (χ1v) is 7.16. The third-order valence-corrected chi connectivity index (χ3v) is 3.91. The Morgan fingerprint density at radius 2 is 1.87 bits per heavy atom. The van der Waals surface area contributed by atoms with E-state index in [0.717, 1.165) is 25.5 Å². The molecule has 0 aromatic carbocycles. The number of ketones is 1. The molecule has 5 heteroatoms. The Bertz CT molecular complexity index is 354. The molecule has 3 aliphatic carbocycles. The molecule has 1 atom stereocenters. The summed E-state index contributed by atoms with van der Waals surface area (Å²) < 4.78 is 26.8. The Morgan fingerprint density at radius 1 is 1.20 bits per heavy atom. The van der Waals surface area contributed by atoms with Gasteiger partial charge in [0.1, 0.15) is 6.10 Å². The Kier molecular flexibility index (Phi) is 2.85. The van der Waals surface area contributed by atoms with Crippen LogP contribution < -0.4 is 0 Å². The van der Waals surface area contributed by atoms with Crippen LogP contribution in [0.3, 0.4) is 0 Å². The number of hydrogen-bond donors (Lipinski definition) is 0. The van der Waals surface area contributed by atoms with Crippen LogP contribution in [-0.2, 0) is 19.1 Å². The van der Waals surface area contributed by atoms with Crippen molar-refractivity contribution < 1.29 is 17.4 Å². The highest BCUT2D eigenvalue weighted by molar-refractivity contribution is 7.86. The lowest BCUT2D eigenvalue weighted by atomic mass is 9.68. The van der Waals surface area contributed by atoms with Gasteiger partial charge in [-0.2, -0.15) is 8.42 Å². The first-order valence-electron chi connectivity index (χ1n) is 5.35. The standard InChI is InChI=1S/C10H16O4S/c1-15(12,13)14-10-6-8-4-7(5-8)2-3-9(10)11/h7-8,10H,2-6H2,1H3/t7?,8?,10-/m0/s1. The van der Waals surface area contributed by atoms with Crippen LogP contribution in [0.15, 0.2) is 0 Å². The number of carbonyl (C=O) groups excluding carboxylic acids is 1. The molecule has 0 saturated heterocycles. The van der Waals surface area contributed by atoms with Crippen LogP contribution in [0.4, 0.5) is 0 Å². The topological polar surface area (TPSA) is 60.4 Å². The summed E-state index contributed by atoms with van der Waals surface area (Å²) in [4.78, 5) is 11.6. The maximum absolute atomic E-state index is 11.6. The van der Waals surface area contributed by atoms with Gasteiger partial charge in [0.15, 0.2) is 5.78 Å². The van der Waals surface area contributed by atoms with E-state index in [-0.39, 0.29) is 5.78 Å². The molecule has 0 radical (unpaired) electrons. The largest absolute Gasteiger partial charge is 0.297 e. The lowest BCUT2D eigenvalue weighted by molar-refractivity contribution is -0.129. The molecule has 4 nitrogen and oxygen atoms in total. The second-order valence-corrected chi connectivity index (χ2v) is 6.33. The summed E-state index contributed by atoms with van der Waals surface area (Å²) in [5, 5.41) is 0. The minimum atomic E-state index is -3.51. The van der Waals surface area contributed by atoms with Gasteiger partial charge in [0.2, 0.25) is 0 Å². The van der Waals surface area contributed by atoms with Crippen molar-refractivity contribution in [3.8, 4) is 0 Å². The number of carbonyl (C=O) groups is 1. The van der Waals surface area contributed by atoms with Crippen molar-refractivity contribution >= 4 is 15.9 Å². The van der Waals surface area contributed by atoms with E-state index >= 15 is 0 Å². The van der Waals surface area contributed by atoms with Crippen LogP contribution in [0.25, 0.3) is 0 Å². The molecule has 0 aromatic heterocycles. The van der Waals surface area contributed by atoms with E-state index in [1.807, 2.05) is 0 Å². The van der Waals surface area contributed by atoms with E-state index in [9.17, 15) is 13.2 Å². The molecule has 3 rings (SSSR count). The lowest BCUT2D eigenvalue weighted by Gasteiger charge is -2.39. The Balaban J connectivity index is 2.03. The molecule has 0 spiro atoms. The van der Waals surface area contributed by atoms with Gasteiger partial charge >= 0.3 is 0 Å². The summed E-state index contributed by atoms with van der Waals surface area (Å²) in [6.07, 6.45) is 4.52. The van der Waals surface area contributed by atoms with Crippen LogP contribution in [0.2, 0.25) is 0 Å². The predicted molar refractivity (Wildman–Crippen MR) is 54.8 cm³/mol. The third kappa shape index (κ3) is 2.78. The fraction of sp³-hybridized carbons (Fsp3) is 0.900. The maximum atomic E-state index is 11.6. The fourth-order valence-corrected chi connectivity index (χ4v) is 3.16. The summed E-state index contributed by atoms with van der Waals surface area (Å²) in [6, 6.07) is 0. The van der Waals surface area contributed by atoms with Crippen molar-refractivity contribution in [2.24, 2.45) is 11.8 Å². The summed E-state index contributed by atoms with van der Waals surface area (Å²) in [5.74, 6) is 1.14. The average molecular weight is 232 g/mol. The monoisotopic (exact) mass is 232 g/mol. The summed E-state index contributed by atoms with van der Waals surface area (Å²) in [6.45, 7) is 0. The molecule has 3 saturated carbocycles. The normalized spacial score (nSPS) is 36.6. The Labute approximate surface area is 90.1 Å². The van der Waals surface area contributed by atoms with Crippen molar-refractivity contribution in [3.05, 3.63) is 0 Å². The van der Waals surface area contributed by atoms with Crippen LogP contribution in [0.5, 0.6) is 0 Å². The van der Waals surface area contributed by atoms with Crippen LogP contribution in [0.1, 0.15) is 32.1 Å². The van der Waals surface area contributed by atoms with Crippen molar-refractivity contribution in [1.82, 2.24) is 0 Å². The zero-order chi connectivity index (χ0) is 11.1. The van der Waals surface area contributed by atoms with Gasteiger partial charge in [-0.25, -0.2) is 0 Å². The van der Waals surface area contributed by atoms with Crippen molar-refractivity contribution in [2.45, 2.75) is 38.2 Å². The van der Waals surface area contributed by atoms with Gasteiger partial charge in [0, 0.05) is 6.42 Å². The Morgan fingerprint density at radius 3 is 2.47 bits per heavy atom. The van der Waals surface area contributed by atoms with Crippen LogP contribution >= 0.6 is 0 Å². The molecule has 2 bridgehead atoms. The molecule has 15 heavy (non-hydrogen) atoms. The molecule has 0 amide bonds. The number of rotatable bonds is 2. The molecule has 3 aliphatic rings. The molecule has 0 N–H and O–H groups in total. The predicted octanol–water partition coefficient (Wildman–Crippen LogP) is 1.11. The zero-order valence-corrected chi connectivity index (χ0v) is 9.63. The molecule has 0 aromatic rings. The number of hydrogen-bond acceptors (Lipinski definition) is 4. The van der Waals surface area contributed by atoms with Crippen molar-refractivity contribution in [2.75, 3.05) is 6.26 Å². The molecule has 0 heterocycles. The van der Waals surface area contributed by atoms with E-state index in [0.29, 0.717) is 24.7 Å². The molecular weight excluding hydrogens is 216 g/mol. The van der Waals surface area contributed by atoms with Crippen LogP contribution in [0, 0.1) is 11.8 Å². The van der Waals surface area contributed by atoms with E-state index < -0.39 is 16.2 Å². The van der Waals surface area contributed by atoms with E-state index in [1.165, 1.54) is 0 Å². The van der Waals surface area contributed by atoms with Crippen molar-refractivity contribution in [3.63, 3.8) is 0 Å². The van der Waals surface area contributed by atoms with Gasteiger partial charge in [-0.3, -0.25) is 8.98 Å². The summed E-state index contributed by atoms with van der Waals surface area (Å²) in [5.41, 5.74) is 0. The maximum Gasteiger partial charge on any atom is 0.265 e. The molecule has 86 valence electrons. The minimum absolute atomic E-state index is 0.0465. The molecule has 3 fully saturated rings. The van der Waals surface area contributed by atoms with Gasteiger partial charge in [0.25, 0.3) is 10.1 Å². The van der Waals surface area contributed by atoms with Gasteiger partial charge in [-0.15, -0.1) is 0 Å². The minimum Gasteiger partial charge on any atom is -0.297 e. The Hall–Kier alpha value is -0.420. The van der Waals surface area contributed by atoms with Gasteiger partial charge < -0.3 is 0 Å². The highest BCUT2D eigenvalue weighted by Gasteiger charge is 2.37. The van der Waals surface area contributed by atoms with E-state index in [2.05, 4.69) is 0 Å². The van der Waals surface area contributed by atoms with E-state index in [1.54, 1.807) is 0 Å². The van der Waals surface area contributed by atoms with Gasteiger partial charge in [-0.05, 0) is 37.5 Å². The zero-order valence-electron chi connectivity index (χ0n) is 8.81. The lowest BCUT2D eigenvalue weighted by Crippen LogP contribution is -2.37. The van der Waals surface area contributed by atoms with Crippen LogP contribution in [-0.4, -0.2) is 26.6 Å². The number of Topliss-reactive ketones (excluding diaryl/α,β-unsaturated/α-hetero) is 1. The number of fused-ring (bicyclic) bond motifs is 4. The van der Waals surface area contributed by atoms with Gasteiger partial charge in [0.05, 0.1) is 6.26 Å². The molecule has 0 aliphatic heterocycles. The van der Waals surface area contributed by atoms with Gasteiger partial charge in [-0.1, -0.05) is 0 Å². The average Bonchev–Trinajstić information content (AvgIpc) is 2.00. The van der Waals surface area contributed by atoms with Crippen molar-refractivity contribution in [1.29, 1.82) is 0 Å². The second-order valence-electron chi connectivity index (χ2n) is 4.73. The summed E-state index contributed by atoms with van der Waals surface area (Å²) in [7, 11) is -3.51. The molecular formula is C10H16O4S. The quantitative estimate of drug-likeness (QED) is 0.669. The third-order valence-electron chi connectivity index (χ3n) is 3.33. The SMILES string of the molecule is CS(=O)(=O)O[C@H]1CC2CC(CCC1=O)C2. The fourth-order valence-electron chi connectivity index (χ4n) is 2.55. The highest BCUT2D eigenvalue weighted by Crippen LogP contribution is 2.42. The molecule has 0 unspecified atom stereocenters. The summed E-state index contributed by atoms with van der Waals surface area (Å²) >= 11 is 0. The second kappa shape index (κ2) is 3.87. The van der Waals surface area contributed by atoms with E-state index in [4.69, 9.17) is 4.18 Å². The first kappa shape index (κ1) is 11.1. The first-order chi connectivity index (χ1) is 6.94.